The summed E-state index contributed by atoms with van der Waals surface area (Å²) in [6, 6.07) is 11.9. The normalized spacial score (nSPS) is 13.3. The van der Waals surface area contributed by atoms with E-state index in [9.17, 15) is 4.79 Å². The van der Waals surface area contributed by atoms with Gasteiger partial charge in [0.05, 0.1) is 5.56 Å². The number of hydrogen-bond acceptors (Lipinski definition) is 6. The summed E-state index contributed by atoms with van der Waals surface area (Å²) in [7, 11) is 0. The van der Waals surface area contributed by atoms with E-state index >= 15 is 0 Å². The average Bonchev–Trinajstić information content (AvgIpc) is 3.34. The number of nitrogens with one attached hydrogen (secondary N) is 1. The average molecular weight is 414 g/mol. The molecule has 0 atom stereocenters. The Kier molecular flexibility index (Phi) is 5.03. The molecule has 0 radical (unpaired) electrons. The molecule has 1 N–H and O–H groups in total. The molecule has 5 rings (SSSR count). The van der Waals surface area contributed by atoms with Gasteiger partial charge in [-0.05, 0) is 42.5 Å². The molecule has 156 valence electrons. The number of rotatable bonds is 7. The van der Waals surface area contributed by atoms with Crippen molar-refractivity contribution in [1.82, 2.24) is 30.0 Å². The van der Waals surface area contributed by atoms with Gasteiger partial charge >= 0.3 is 0 Å². The summed E-state index contributed by atoms with van der Waals surface area (Å²) in [6.45, 7) is 2.57. The number of carbonyl (C=O) groups is 1. The molecule has 0 bridgehead atoms. The number of hydrogen-bond donors (Lipinski definition) is 1. The molecule has 3 heterocycles. The lowest BCUT2D eigenvalue weighted by molar-refractivity contribution is 0.0946. The first-order chi connectivity index (χ1) is 15.2. The van der Waals surface area contributed by atoms with E-state index in [1.807, 2.05) is 24.3 Å². The van der Waals surface area contributed by atoms with E-state index in [4.69, 9.17) is 4.52 Å². The molecule has 0 saturated heterocycles. The van der Waals surface area contributed by atoms with Crippen molar-refractivity contribution >= 4 is 5.91 Å². The quantitative estimate of drug-likeness (QED) is 0.495. The van der Waals surface area contributed by atoms with Crippen molar-refractivity contribution in [3.63, 3.8) is 0 Å². The van der Waals surface area contributed by atoms with Crippen molar-refractivity contribution in [2.75, 3.05) is 0 Å². The van der Waals surface area contributed by atoms with E-state index in [1.165, 1.54) is 5.56 Å². The van der Waals surface area contributed by atoms with Gasteiger partial charge in [0, 0.05) is 24.9 Å². The first kappa shape index (κ1) is 19.2. The van der Waals surface area contributed by atoms with Gasteiger partial charge < -0.3 is 9.84 Å². The highest BCUT2D eigenvalue weighted by Gasteiger charge is 2.29. The molecule has 0 unspecified atom stereocenters. The highest BCUT2D eigenvalue weighted by molar-refractivity contribution is 5.92. The fourth-order valence-corrected chi connectivity index (χ4v) is 3.26. The number of benzene rings is 1. The molecule has 1 aliphatic carbocycles. The second-order valence-electron chi connectivity index (χ2n) is 7.66. The van der Waals surface area contributed by atoms with Crippen molar-refractivity contribution in [3.8, 4) is 17.3 Å². The smallest absolute Gasteiger partial charge is 0.271 e. The number of pyridine rings is 1. The molecule has 4 aromatic rings. The second-order valence-corrected chi connectivity index (χ2v) is 7.66. The fourth-order valence-electron chi connectivity index (χ4n) is 3.26. The topological polar surface area (TPSA) is 98.7 Å². The molecule has 8 nitrogen and oxygen atoms in total. The molecule has 0 aliphatic heterocycles. The summed E-state index contributed by atoms with van der Waals surface area (Å²) in [6.07, 6.45) is 8.16. The van der Waals surface area contributed by atoms with Crippen LogP contribution in [0.5, 0.6) is 0 Å². The summed E-state index contributed by atoms with van der Waals surface area (Å²) in [5.41, 5.74) is 3.42. The van der Waals surface area contributed by atoms with Gasteiger partial charge in [-0.15, -0.1) is 0 Å². The van der Waals surface area contributed by atoms with Gasteiger partial charge in [0.15, 0.2) is 5.82 Å². The molecule has 8 heteroatoms. The van der Waals surface area contributed by atoms with Crippen LogP contribution in [0.1, 0.15) is 53.1 Å². The third-order valence-electron chi connectivity index (χ3n) is 5.34. The van der Waals surface area contributed by atoms with Gasteiger partial charge in [0.1, 0.15) is 17.8 Å². The van der Waals surface area contributed by atoms with Gasteiger partial charge in [0.2, 0.25) is 0 Å². The van der Waals surface area contributed by atoms with Gasteiger partial charge in [-0.1, -0.05) is 36.3 Å². The van der Waals surface area contributed by atoms with Crippen LogP contribution in [0.2, 0.25) is 0 Å². The second kappa shape index (κ2) is 8.14. The SMILES string of the molecule is CCc1ccc(CNC(=O)c2cn(-c3ccc(-c4nc(C5CC5)no4)cn3)cn2)cc1. The highest BCUT2D eigenvalue weighted by atomic mass is 16.5. The van der Waals surface area contributed by atoms with E-state index in [0.29, 0.717) is 29.9 Å². The molecule has 3 aromatic heterocycles. The molecule has 1 aromatic carbocycles. The lowest BCUT2D eigenvalue weighted by Gasteiger charge is -2.04. The van der Waals surface area contributed by atoms with E-state index < -0.39 is 0 Å². The Morgan fingerprint density at radius 1 is 1.13 bits per heavy atom. The van der Waals surface area contributed by atoms with Crippen LogP contribution in [0.15, 0.2) is 59.6 Å². The molecular formula is C23H22N6O2. The molecule has 1 amide bonds. The summed E-state index contributed by atoms with van der Waals surface area (Å²) >= 11 is 0. The first-order valence-electron chi connectivity index (χ1n) is 10.4. The predicted molar refractivity (Wildman–Crippen MR) is 114 cm³/mol. The third-order valence-corrected chi connectivity index (χ3v) is 5.34. The maximum atomic E-state index is 12.5. The van der Waals surface area contributed by atoms with Crippen molar-refractivity contribution in [3.05, 3.63) is 77.8 Å². The van der Waals surface area contributed by atoms with Gasteiger partial charge in [0.25, 0.3) is 11.8 Å². The predicted octanol–water partition coefficient (Wildman–Crippen LogP) is 3.69. The molecule has 1 saturated carbocycles. The van der Waals surface area contributed by atoms with Crippen LogP contribution in [-0.2, 0) is 13.0 Å². The first-order valence-corrected chi connectivity index (χ1v) is 10.4. The standard InChI is InChI=1S/C23H22N6O2/c1-2-15-3-5-16(6-4-15)11-25-22(30)19-13-29(14-26-19)20-10-9-18(12-24-20)23-27-21(28-31-23)17-7-8-17/h3-6,9-10,12-14,17H,2,7-8,11H2,1H3,(H,25,30). The van der Waals surface area contributed by atoms with Crippen LogP contribution >= 0.6 is 0 Å². The van der Waals surface area contributed by atoms with E-state index in [-0.39, 0.29) is 5.91 Å². The number of imidazole rings is 1. The van der Waals surface area contributed by atoms with E-state index in [1.54, 1.807) is 23.3 Å². The third kappa shape index (κ3) is 4.23. The number of amides is 1. The summed E-state index contributed by atoms with van der Waals surface area (Å²) in [4.78, 5) is 25.5. The zero-order valence-electron chi connectivity index (χ0n) is 17.2. The zero-order chi connectivity index (χ0) is 21.2. The Morgan fingerprint density at radius 2 is 1.94 bits per heavy atom. The van der Waals surface area contributed by atoms with Crippen LogP contribution < -0.4 is 5.32 Å². The maximum absolute atomic E-state index is 12.5. The number of carbonyl (C=O) groups excluding carboxylic acids is 1. The van der Waals surface area contributed by atoms with Gasteiger partial charge in [-0.3, -0.25) is 9.36 Å². The minimum atomic E-state index is -0.228. The minimum Gasteiger partial charge on any atom is -0.347 e. The van der Waals surface area contributed by atoms with Crippen LogP contribution in [-0.4, -0.2) is 30.6 Å². The zero-order valence-corrected chi connectivity index (χ0v) is 17.2. The lowest BCUT2D eigenvalue weighted by Crippen LogP contribution is -2.23. The molecule has 31 heavy (non-hydrogen) atoms. The molecule has 1 aliphatic rings. The Balaban J connectivity index is 1.23. The van der Waals surface area contributed by atoms with E-state index in [2.05, 4.69) is 44.5 Å². The number of nitrogens with zero attached hydrogens (tertiary/aromatic N) is 5. The van der Waals surface area contributed by atoms with Gasteiger partial charge in [-0.25, -0.2) is 9.97 Å². The molecular weight excluding hydrogens is 392 g/mol. The van der Waals surface area contributed by atoms with Crippen molar-refractivity contribution < 1.29 is 9.32 Å². The fraction of sp³-hybridized carbons (Fsp3) is 0.261. The number of aromatic nitrogens is 5. The van der Waals surface area contributed by atoms with Crippen molar-refractivity contribution in [1.29, 1.82) is 0 Å². The van der Waals surface area contributed by atoms with Crippen molar-refractivity contribution in [2.45, 2.75) is 38.6 Å². The van der Waals surface area contributed by atoms with Crippen LogP contribution in [0, 0.1) is 0 Å². The molecule has 1 fully saturated rings. The van der Waals surface area contributed by atoms with Crippen LogP contribution in [0.4, 0.5) is 0 Å². The van der Waals surface area contributed by atoms with Crippen LogP contribution in [0.25, 0.3) is 17.3 Å². The van der Waals surface area contributed by atoms with Crippen LogP contribution in [0.3, 0.4) is 0 Å². The minimum absolute atomic E-state index is 0.228. The van der Waals surface area contributed by atoms with E-state index in [0.717, 1.165) is 36.2 Å². The Labute approximate surface area is 179 Å². The summed E-state index contributed by atoms with van der Waals surface area (Å²) in [5.74, 6) is 2.10. The summed E-state index contributed by atoms with van der Waals surface area (Å²) < 4.78 is 7.04. The maximum Gasteiger partial charge on any atom is 0.271 e. The number of aryl methyl sites for hydroxylation is 1. The Bertz CT molecular complexity index is 1190. The Morgan fingerprint density at radius 3 is 2.65 bits per heavy atom. The monoisotopic (exact) mass is 414 g/mol. The largest absolute Gasteiger partial charge is 0.347 e. The summed E-state index contributed by atoms with van der Waals surface area (Å²) in [5, 5.41) is 6.93. The highest BCUT2D eigenvalue weighted by Crippen LogP contribution is 2.38. The molecule has 0 spiro atoms. The lowest BCUT2D eigenvalue weighted by atomic mass is 10.1. The van der Waals surface area contributed by atoms with Gasteiger partial charge in [-0.2, -0.15) is 4.98 Å². The Hall–Kier alpha value is -3.81. The van der Waals surface area contributed by atoms with Crippen molar-refractivity contribution in [2.24, 2.45) is 0 Å².